The quantitative estimate of drug-likeness (QED) is 0.326. The summed E-state index contributed by atoms with van der Waals surface area (Å²) in [5.74, 6) is -1.13. The van der Waals surface area contributed by atoms with Crippen LogP contribution in [-0.2, 0) is 11.3 Å². The van der Waals surface area contributed by atoms with Crippen LogP contribution in [0.3, 0.4) is 0 Å². The first-order valence-electron chi connectivity index (χ1n) is 11.0. The van der Waals surface area contributed by atoms with Crippen molar-refractivity contribution >= 4 is 34.0 Å². The molecule has 4 aromatic rings. The van der Waals surface area contributed by atoms with Gasteiger partial charge in [0.15, 0.2) is 5.13 Å². The third kappa shape index (κ3) is 5.69. The molecule has 0 aliphatic carbocycles. The van der Waals surface area contributed by atoms with Crippen molar-refractivity contribution in [2.24, 2.45) is 0 Å². The van der Waals surface area contributed by atoms with Gasteiger partial charge in [0, 0.05) is 23.6 Å². The van der Waals surface area contributed by atoms with Gasteiger partial charge in [0.2, 0.25) is 0 Å². The van der Waals surface area contributed by atoms with Crippen LogP contribution < -0.4 is 9.64 Å². The summed E-state index contributed by atoms with van der Waals surface area (Å²) in [5, 5.41) is 11.4. The fourth-order valence-corrected chi connectivity index (χ4v) is 4.51. The second-order valence-corrected chi connectivity index (χ2v) is 8.87. The number of para-hydroxylation sites is 1. The molecule has 1 amide bonds. The van der Waals surface area contributed by atoms with Crippen molar-refractivity contribution < 1.29 is 23.8 Å². The van der Waals surface area contributed by atoms with Crippen LogP contribution in [0.5, 0.6) is 5.75 Å². The van der Waals surface area contributed by atoms with E-state index in [9.17, 15) is 14.0 Å². The number of amides is 1. The van der Waals surface area contributed by atoms with Crippen LogP contribution in [0.4, 0.5) is 15.2 Å². The molecule has 0 unspecified atom stereocenters. The lowest BCUT2D eigenvalue weighted by Gasteiger charge is -2.23. The second-order valence-electron chi connectivity index (χ2n) is 8.04. The molecule has 1 aromatic heterocycles. The zero-order chi connectivity index (χ0) is 25.7. The minimum atomic E-state index is -1.08. The maximum absolute atomic E-state index is 14.8. The highest BCUT2D eigenvalue weighted by atomic mass is 32.1. The van der Waals surface area contributed by atoms with Crippen molar-refractivity contribution in [1.29, 1.82) is 0 Å². The first kappa shape index (κ1) is 24.9. The Labute approximate surface area is 212 Å². The van der Waals surface area contributed by atoms with E-state index < -0.39 is 11.9 Å². The maximum atomic E-state index is 14.8. The highest BCUT2D eigenvalue weighted by Crippen LogP contribution is 2.35. The van der Waals surface area contributed by atoms with Crippen molar-refractivity contribution in [3.8, 4) is 17.0 Å². The van der Waals surface area contributed by atoms with E-state index >= 15 is 0 Å². The summed E-state index contributed by atoms with van der Waals surface area (Å²) in [4.78, 5) is 31.1. The number of benzene rings is 3. The lowest BCUT2D eigenvalue weighted by atomic mass is 10.1. The summed E-state index contributed by atoms with van der Waals surface area (Å²) in [6.45, 7) is -0.0766. The molecule has 0 aliphatic rings. The number of carbonyl (C=O) groups is 2. The number of hydrogen-bond acceptors (Lipinski definition) is 6. The Morgan fingerprint density at radius 1 is 1.06 bits per heavy atom. The largest absolute Gasteiger partial charge is 0.497 e. The number of likely N-dealkylation sites (N-methyl/N-ethyl adjacent to an activating group) is 1. The van der Waals surface area contributed by atoms with E-state index in [1.807, 2.05) is 29.6 Å². The smallest absolute Gasteiger partial charge is 0.323 e. The number of halogens is 1. The van der Waals surface area contributed by atoms with Gasteiger partial charge in [-0.25, -0.2) is 9.37 Å². The fourth-order valence-electron chi connectivity index (χ4n) is 3.66. The number of methoxy groups -OCH3 is 1. The van der Waals surface area contributed by atoms with Gasteiger partial charge in [0.1, 0.15) is 18.1 Å². The molecule has 36 heavy (non-hydrogen) atoms. The average Bonchev–Trinajstić information content (AvgIpc) is 3.37. The number of nitrogens with zero attached hydrogens (tertiary/aromatic N) is 3. The summed E-state index contributed by atoms with van der Waals surface area (Å²) in [6.07, 6.45) is 0. The van der Waals surface area contributed by atoms with E-state index in [2.05, 4.69) is 0 Å². The number of ether oxygens (including phenoxy) is 1. The molecule has 9 heteroatoms. The van der Waals surface area contributed by atoms with Gasteiger partial charge in [0.25, 0.3) is 5.91 Å². The average molecular weight is 506 g/mol. The molecule has 4 rings (SSSR count). The Balaban J connectivity index is 1.62. The number of aliphatic carboxylic acids is 1. The summed E-state index contributed by atoms with van der Waals surface area (Å²) < 4.78 is 20.2. The fraction of sp³-hybridized carbons (Fsp3) is 0.148. The molecule has 0 fully saturated rings. The van der Waals surface area contributed by atoms with Gasteiger partial charge in [0.05, 0.1) is 25.0 Å². The summed E-state index contributed by atoms with van der Waals surface area (Å²) in [5.41, 5.74) is 3.21. The third-order valence-electron chi connectivity index (χ3n) is 5.49. The molecule has 0 saturated heterocycles. The molecule has 0 spiro atoms. The van der Waals surface area contributed by atoms with Gasteiger partial charge in [-0.05, 0) is 42.0 Å². The van der Waals surface area contributed by atoms with Gasteiger partial charge >= 0.3 is 5.97 Å². The molecule has 0 aliphatic heterocycles. The van der Waals surface area contributed by atoms with Crippen molar-refractivity contribution in [3.05, 3.63) is 95.1 Å². The zero-order valence-electron chi connectivity index (χ0n) is 19.7. The predicted octanol–water partition coefficient (Wildman–Crippen LogP) is 5.45. The number of hydrogen-bond donors (Lipinski definition) is 1. The van der Waals surface area contributed by atoms with Crippen LogP contribution >= 0.6 is 11.3 Å². The van der Waals surface area contributed by atoms with Crippen molar-refractivity contribution in [2.45, 2.75) is 6.54 Å². The van der Waals surface area contributed by atoms with Gasteiger partial charge in [-0.2, -0.15) is 0 Å². The number of aromatic nitrogens is 1. The van der Waals surface area contributed by atoms with Gasteiger partial charge in [-0.15, -0.1) is 11.3 Å². The molecular weight excluding hydrogens is 481 g/mol. The normalized spacial score (nSPS) is 10.6. The Hall–Kier alpha value is -4.24. The number of carboxylic acids is 1. The molecule has 1 heterocycles. The maximum Gasteiger partial charge on any atom is 0.323 e. The molecular formula is C27H24FN3O4S. The summed E-state index contributed by atoms with van der Waals surface area (Å²) >= 11 is 1.40. The highest BCUT2D eigenvalue weighted by molar-refractivity contribution is 7.14. The van der Waals surface area contributed by atoms with Gasteiger partial charge in [-0.1, -0.05) is 36.4 Å². The molecule has 0 bridgehead atoms. The van der Waals surface area contributed by atoms with Crippen molar-refractivity contribution in [2.75, 3.05) is 25.6 Å². The van der Waals surface area contributed by atoms with Gasteiger partial charge in [-0.3, -0.25) is 9.59 Å². The first-order valence-corrected chi connectivity index (χ1v) is 11.9. The Kier molecular flexibility index (Phi) is 7.60. The minimum Gasteiger partial charge on any atom is -0.497 e. The standard InChI is InChI=1S/C27H24FN3O4S/c1-30(16-25(32)33)26(34)19-12-10-18(11-13-19)15-31(24-9-4-3-8-22(24)28)27-29-23(17-36-27)20-6-5-7-21(14-20)35-2/h3-14,17H,15-16H2,1-2H3,(H,32,33). The van der Waals surface area contributed by atoms with Crippen molar-refractivity contribution in [3.63, 3.8) is 0 Å². The van der Waals surface area contributed by atoms with Crippen LogP contribution in [-0.4, -0.2) is 47.6 Å². The van der Waals surface area contributed by atoms with E-state index in [4.69, 9.17) is 14.8 Å². The van der Waals surface area contributed by atoms with Crippen LogP contribution in [0, 0.1) is 5.82 Å². The van der Waals surface area contributed by atoms with Crippen LogP contribution in [0.2, 0.25) is 0 Å². The predicted molar refractivity (Wildman–Crippen MR) is 137 cm³/mol. The van der Waals surface area contributed by atoms with E-state index in [1.54, 1.807) is 54.5 Å². The summed E-state index contributed by atoms with van der Waals surface area (Å²) in [6, 6.07) is 20.9. The molecule has 3 aromatic carbocycles. The molecule has 184 valence electrons. The lowest BCUT2D eigenvalue weighted by molar-refractivity contribution is -0.137. The van der Waals surface area contributed by atoms with E-state index in [0.717, 1.165) is 27.5 Å². The third-order valence-corrected chi connectivity index (χ3v) is 6.36. The molecule has 1 N–H and O–H groups in total. The Morgan fingerprint density at radius 3 is 2.50 bits per heavy atom. The highest BCUT2D eigenvalue weighted by Gasteiger charge is 2.19. The van der Waals surface area contributed by atoms with Crippen LogP contribution in [0.1, 0.15) is 15.9 Å². The summed E-state index contributed by atoms with van der Waals surface area (Å²) in [7, 11) is 3.04. The first-order chi connectivity index (χ1) is 17.4. The number of carboxylic acid groups (broad SMARTS) is 1. The van der Waals surface area contributed by atoms with Crippen molar-refractivity contribution in [1.82, 2.24) is 9.88 Å². The number of anilines is 2. The van der Waals surface area contributed by atoms with E-state index in [-0.39, 0.29) is 12.4 Å². The van der Waals surface area contributed by atoms with Crippen LogP contribution in [0.25, 0.3) is 11.3 Å². The molecule has 0 saturated carbocycles. The topological polar surface area (TPSA) is 83.0 Å². The second kappa shape index (κ2) is 11.0. The SMILES string of the molecule is COc1cccc(-c2csc(N(Cc3ccc(C(=O)N(C)CC(=O)O)cc3)c3ccccc3F)n2)c1. The van der Waals surface area contributed by atoms with Gasteiger partial charge < -0.3 is 19.6 Å². The number of carbonyl (C=O) groups excluding carboxylic acids is 1. The van der Waals surface area contributed by atoms with Crippen LogP contribution in [0.15, 0.2) is 78.2 Å². The van der Waals surface area contributed by atoms with E-state index in [1.165, 1.54) is 24.5 Å². The minimum absolute atomic E-state index is 0.311. The Bertz CT molecular complexity index is 1370. The molecule has 0 atom stereocenters. The monoisotopic (exact) mass is 505 g/mol. The Morgan fingerprint density at radius 2 is 1.81 bits per heavy atom. The van der Waals surface area contributed by atoms with E-state index in [0.29, 0.717) is 22.9 Å². The molecule has 0 radical (unpaired) electrons. The molecule has 7 nitrogen and oxygen atoms in total. The zero-order valence-corrected chi connectivity index (χ0v) is 20.5. The lowest BCUT2D eigenvalue weighted by Crippen LogP contribution is -2.31. The number of rotatable bonds is 9. The number of thiazole rings is 1.